The van der Waals surface area contributed by atoms with Crippen molar-refractivity contribution in [3.8, 4) is 0 Å². The molecule has 6 nitrogen and oxygen atoms in total. The summed E-state index contributed by atoms with van der Waals surface area (Å²) in [6.45, 7) is 0.776. The van der Waals surface area contributed by atoms with Gasteiger partial charge in [0.15, 0.2) is 11.5 Å². The van der Waals surface area contributed by atoms with Crippen molar-refractivity contribution in [2.45, 2.75) is 6.04 Å². The van der Waals surface area contributed by atoms with E-state index in [0.717, 1.165) is 17.9 Å². The fourth-order valence-corrected chi connectivity index (χ4v) is 3.03. The van der Waals surface area contributed by atoms with Crippen LogP contribution in [0.15, 0.2) is 30.2 Å². The van der Waals surface area contributed by atoms with Gasteiger partial charge in [0.1, 0.15) is 11.8 Å². The fraction of sp³-hybridized carbons (Fsp3) is 0.308. The number of hydrogen-bond acceptors (Lipinski definition) is 6. The Labute approximate surface area is 120 Å². The molecule has 0 fully saturated rings. The van der Waals surface area contributed by atoms with Crippen LogP contribution in [0.1, 0.15) is 10.9 Å². The van der Waals surface area contributed by atoms with Gasteiger partial charge in [-0.1, -0.05) is 6.07 Å². The molecule has 3 heterocycles. The molecule has 0 aromatic carbocycles. The SMILES string of the molecule is CN(C)[C@@H](CNc1ncnc2nc[nH]c12)c1cccs1. The van der Waals surface area contributed by atoms with Crippen molar-refractivity contribution >= 4 is 28.3 Å². The van der Waals surface area contributed by atoms with Gasteiger partial charge in [0.25, 0.3) is 0 Å². The van der Waals surface area contributed by atoms with E-state index in [0.29, 0.717) is 11.7 Å². The summed E-state index contributed by atoms with van der Waals surface area (Å²) >= 11 is 1.77. The van der Waals surface area contributed by atoms with Crippen LogP contribution in [0.25, 0.3) is 11.2 Å². The van der Waals surface area contributed by atoms with Crippen LogP contribution < -0.4 is 5.32 Å². The fourth-order valence-electron chi connectivity index (χ4n) is 2.11. The second-order valence-electron chi connectivity index (χ2n) is 4.70. The van der Waals surface area contributed by atoms with Gasteiger partial charge >= 0.3 is 0 Å². The lowest BCUT2D eigenvalue weighted by Gasteiger charge is -2.23. The molecule has 0 bridgehead atoms. The monoisotopic (exact) mass is 288 g/mol. The minimum Gasteiger partial charge on any atom is -0.366 e. The maximum Gasteiger partial charge on any atom is 0.182 e. The predicted molar refractivity (Wildman–Crippen MR) is 80.9 cm³/mol. The zero-order valence-electron chi connectivity index (χ0n) is 11.4. The van der Waals surface area contributed by atoms with Crippen molar-refractivity contribution < 1.29 is 0 Å². The van der Waals surface area contributed by atoms with E-state index < -0.39 is 0 Å². The summed E-state index contributed by atoms with van der Waals surface area (Å²) in [6, 6.07) is 4.54. The molecule has 3 aromatic heterocycles. The van der Waals surface area contributed by atoms with E-state index in [1.807, 2.05) is 0 Å². The summed E-state index contributed by atoms with van der Waals surface area (Å²) in [5.74, 6) is 0.788. The van der Waals surface area contributed by atoms with E-state index in [1.54, 1.807) is 17.7 Å². The molecular weight excluding hydrogens is 272 g/mol. The number of likely N-dealkylation sites (N-methyl/N-ethyl adjacent to an activating group) is 1. The quantitative estimate of drug-likeness (QED) is 0.752. The molecule has 0 radical (unpaired) electrons. The highest BCUT2D eigenvalue weighted by Gasteiger charge is 2.16. The van der Waals surface area contributed by atoms with Gasteiger partial charge in [-0.15, -0.1) is 11.3 Å². The lowest BCUT2D eigenvalue weighted by atomic mass is 10.2. The molecule has 0 spiro atoms. The van der Waals surface area contributed by atoms with E-state index in [-0.39, 0.29) is 0 Å². The molecule has 0 unspecified atom stereocenters. The van der Waals surface area contributed by atoms with Crippen molar-refractivity contribution in [1.29, 1.82) is 0 Å². The van der Waals surface area contributed by atoms with E-state index in [4.69, 9.17) is 0 Å². The van der Waals surface area contributed by atoms with E-state index in [1.165, 1.54) is 11.2 Å². The Bertz CT molecular complexity index is 675. The summed E-state index contributed by atoms with van der Waals surface area (Å²) in [7, 11) is 4.16. The Morgan fingerprint density at radius 2 is 2.25 bits per heavy atom. The van der Waals surface area contributed by atoms with Gasteiger partial charge in [0.05, 0.1) is 12.4 Å². The molecule has 0 amide bonds. The molecule has 3 rings (SSSR count). The van der Waals surface area contributed by atoms with Gasteiger partial charge in [-0.05, 0) is 25.5 Å². The van der Waals surface area contributed by atoms with E-state index in [9.17, 15) is 0 Å². The first-order valence-electron chi connectivity index (χ1n) is 6.33. The first kappa shape index (κ1) is 13.0. The van der Waals surface area contributed by atoms with Gasteiger partial charge in [-0.25, -0.2) is 15.0 Å². The number of nitrogens with zero attached hydrogens (tertiary/aromatic N) is 4. The van der Waals surface area contributed by atoms with Crippen LogP contribution in [0.5, 0.6) is 0 Å². The maximum atomic E-state index is 4.28. The Morgan fingerprint density at radius 1 is 1.35 bits per heavy atom. The largest absolute Gasteiger partial charge is 0.366 e. The van der Waals surface area contributed by atoms with Gasteiger partial charge in [0.2, 0.25) is 0 Å². The Morgan fingerprint density at radius 3 is 3.00 bits per heavy atom. The number of H-pyrrole nitrogens is 1. The van der Waals surface area contributed by atoms with E-state index >= 15 is 0 Å². The van der Waals surface area contributed by atoms with Crippen LogP contribution in [0.4, 0.5) is 5.82 Å². The average molecular weight is 288 g/mol. The molecular formula is C13H16N6S. The second kappa shape index (κ2) is 5.56. The highest BCUT2D eigenvalue weighted by atomic mass is 32.1. The lowest BCUT2D eigenvalue weighted by molar-refractivity contribution is 0.316. The number of imidazole rings is 1. The topological polar surface area (TPSA) is 69.7 Å². The number of fused-ring (bicyclic) bond motifs is 1. The first-order valence-corrected chi connectivity index (χ1v) is 7.21. The van der Waals surface area contributed by atoms with E-state index in [2.05, 4.69) is 61.8 Å². The number of aromatic amines is 1. The minimum atomic E-state index is 0.308. The summed E-state index contributed by atoms with van der Waals surface area (Å²) in [6.07, 6.45) is 3.16. The molecule has 1 atom stereocenters. The van der Waals surface area contributed by atoms with Crippen molar-refractivity contribution in [3.63, 3.8) is 0 Å². The number of thiophene rings is 1. The van der Waals surface area contributed by atoms with Crippen LogP contribution in [0, 0.1) is 0 Å². The van der Waals surface area contributed by atoms with Crippen LogP contribution in [-0.4, -0.2) is 45.5 Å². The number of aromatic nitrogens is 4. The number of anilines is 1. The van der Waals surface area contributed by atoms with Crippen LogP contribution >= 0.6 is 11.3 Å². The summed E-state index contributed by atoms with van der Waals surface area (Å²) in [4.78, 5) is 19.1. The standard InChI is InChI=1S/C13H16N6S/c1-19(2)9(10-4-3-5-20-10)6-14-12-11-13(16-7-15-11)18-8-17-12/h3-5,7-9H,6H2,1-2H3,(H2,14,15,16,17,18)/t9-/m0/s1. The molecule has 0 aliphatic heterocycles. The first-order chi connectivity index (χ1) is 9.75. The van der Waals surface area contributed by atoms with Crippen LogP contribution in [0.2, 0.25) is 0 Å². The lowest BCUT2D eigenvalue weighted by Crippen LogP contribution is -2.26. The highest BCUT2D eigenvalue weighted by molar-refractivity contribution is 7.10. The van der Waals surface area contributed by atoms with Crippen LogP contribution in [-0.2, 0) is 0 Å². The van der Waals surface area contributed by atoms with Gasteiger partial charge in [-0.3, -0.25) is 0 Å². The molecule has 0 aliphatic rings. The normalized spacial score (nSPS) is 12.9. The molecule has 0 saturated carbocycles. The highest BCUT2D eigenvalue weighted by Crippen LogP contribution is 2.24. The van der Waals surface area contributed by atoms with Gasteiger partial charge < -0.3 is 15.2 Å². The van der Waals surface area contributed by atoms with Crippen molar-refractivity contribution in [2.24, 2.45) is 0 Å². The number of hydrogen-bond donors (Lipinski definition) is 2. The minimum absolute atomic E-state index is 0.308. The maximum absolute atomic E-state index is 4.28. The molecule has 0 aliphatic carbocycles. The zero-order valence-corrected chi connectivity index (χ0v) is 12.2. The second-order valence-corrected chi connectivity index (χ2v) is 5.68. The molecule has 7 heteroatoms. The summed E-state index contributed by atoms with van der Waals surface area (Å²) < 4.78 is 0. The summed E-state index contributed by atoms with van der Waals surface area (Å²) in [5.41, 5.74) is 1.52. The van der Waals surface area contributed by atoms with Crippen molar-refractivity contribution in [2.75, 3.05) is 26.0 Å². The third-order valence-corrected chi connectivity index (χ3v) is 4.15. The zero-order chi connectivity index (χ0) is 13.9. The Kier molecular flexibility index (Phi) is 3.62. The average Bonchev–Trinajstić information content (AvgIpc) is 3.09. The van der Waals surface area contributed by atoms with Crippen molar-refractivity contribution in [3.05, 3.63) is 35.0 Å². The van der Waals surface area contributed by atoms with Gasteiger partial charge in [0, 0.05) is 11.4 Å². The summed E-state index contributed by atoms with van der Waals surface area (Å²) in [5, 5.41) is 5.49. The predicted octanol–water partition coefficient (Wildman–Crippen LogP) is 2.13. The van der Waals surface area contributed by atoms with Crippen LogP contribution in [0.3, 0.4) is 0 Å². The molecule has 0 saturated heterocycles. The molecule has 104 valence electrons. The Hall–Kier alpha value is -1.99. The molecule has 2 N–H and O–H groups in total. The third kappa shape index (κ3) is 2.50. The Balaban J connectivity index is 1.79. The van der Waals surface area contributed by atoms with Gasteiger partial charge in [-0.2, -0.15) is 0 Å². The van der Waals surface area contributed by atoms with Crippen molar-refractivity contribution in [1.82, 2.24) is 24.8 Å². The third-order valence-electron chi connectivity index (χ3n) is 3.18. The number of nitrogens with one attached hydrogen (secondary N) is 2. The molecule has 3 aromatic rings. The number of rotatable bonds is 5. The molecule has 20 heavy (non-hydrogen) atoms. The smallest absolute Gasteiger partial charge is 0.182 e.